The number of guanidine groups is 1. The number of hydrogen-bond donors (Lipinski definition) is 2. The van der Waals surface area contributed by atoms with E-state index in [1.54, 1.807) is 19.3 Å². The summed E-state index contributed by atoms with van der Waals surface area (Å²) in [6, 6.07) is 11.1. The van der Waals surface area contributed by atoms with Crippen molar-refractivity contribution in [1.82, 2.24) is 25.2 Å². The molecule has 3 rings (SSSR count). The molecule has 0 aliphatic rings. The molecule has 0 amide bonds. The van der Waals surface area contributed by atoms with E-state index < -0.39 is 0 Å². The molecule has 6 nitrogen and oxygen atoms in total. The van der Waals surface area contributed by atoms with Crippen LogP contribution < -0.4 is 10.6 Å². The molecular weight excluding hydrogens is 331 g/mol. The fourth-order valence-electron chi connectivity index (χ4n) is 2.86. The van der Waals surface area contributed by atoms with Gasteiger partial charge in [0.2, 0.25) is 0 Å². The first-order chi connectivity index (χ1) is 12.7. The van der Waals surface area contributed by atoms with Crippen molar-refractivity contribution in [3.05, 3.63) is 59.9 Å². The van der Waals surface area contributed by atoms with Crippen molar-refractivity contribution in [2.75, 3.05) is 13.6 Å². The number of imidazole rings is 1. The molecule has 0 saturated carbocycles. The second-order valence-electron chi connectivity index (χ2n) is 5.94. The van der Waals surface area contributed by atoms with Gasteiger partial charge in [0, 0.05) is 26.3 Å². The summed E-state index contributed by atoms with van der Waals surface area (Å²) in [7, 11) is 1.69. The summed E-state index contributed by atoms with van der Waals surface area (Å²) in [4.78, 5) is 12.8. The first-order valence-electron chi connectivity index (χ1n) is 8.65. The second-order valence-corrected chi connectivity index (χ2v) is 5.94. The Kier molecular flexibility index (Phi) is 5.78. The zero-order chi connectivity index (χ0) is 18.4. The van der Waals surface area contributed by atoms with Crippen molar-refractivity contribution in [2.24, 2.45) is 4.99 Å². The zero-order valence-electron chi connectivity index (χ0n) is 15.0. The summed E-state index contributed by atoms with van der Waals surface area (Å²) in [5.74, 6) is 1.32. The number of halogens is 1. The Morgan fingerprint density at radius 1 is 1.19 bits per heavy atom. The van der Waals surface area contributed by atoms with E-state index in [4.69, 9.17) is 0 Å². The van der Waals surface area contributed by atoms with Crippen molar-refractivity contribution in [3.8, 4) is 0 Å². The van der Waals surface area contributed by atoms with E-state index in [1.165, 1.54) is 6.07 Å². The standard InChI is InChI=1S/C19H23FN6/c1-14-25-16-8-3-4-9-18(16)26(14)12-6-11-23-19(21-2)24-13-17-15(20)7-5-10-22-17/h3-5,7-10H,6,11-13H2,1-2H3,(H2,21,23,24). The Morgan fingerprint density at radius 3 is 2.85 bits per heavy atom. The van der Waals surface area contributed by atoms with Gasteiger partial charge in [-0.3, -0.25) is 9.98 Å². The number of pyridine rings is 1. The molecule has 26 heavy (non-hydrogen) atoms. The van der Waals surface area contributed by atoms with Crippen molar-refractivity contribution in [2.45, 2.75) is 26.4 Å². The van der Waals surface area contributed by atoms with Gasteiger partial charge in [-0.2, -0.15) is 0 Å². The number of fused-ring (bicyclic) bond motifs is 1. The lowest BCUT2D eigenvalue weighted by molar-refractivity contribution is 0.590. The van der Waals surface area contributed by atoms with Gasteiger partial charge >= 0.3 is 0 Å². The third kappa shape index (κ3) is 4.17. The van der Waals surface area contributed by atoms with Crippen LogP contribution in [0.25, 0.3) is 11.0 Å². The molecule has 2 heterocycles. The largest absolute Gasteiger partial charge is 0.356 e. The zero-order valence-corrected chi connectivity index (χ0v) is 15.0. The minimum absolute atomic E-state index is 0.289. The Bertz CT molecular complexity index is 902. The number of benzene rings is 1. The maximum atomic E-state index is 13.6. The topological polar surface area (TPSA) is 67.1 Å². The van der Waals surface area contributed by atoms with Crippen molar-refractivity contribution in [3.63, 3.8) is 0 Å². The smallest absolute Gasteiger partial charge is 0.191 e. The van der Waals surface area contributed by atoms with E-state index in [-0.39, 0.29) is 12.4 Å². The highest BCUT2D eigenvalue weighted by Gasteiger charge is 2.07. The Morgan fingerprint density at radius 2 is 2.04 bits per heavy atom. The number of aromatic nitrogens is 3. The molecule has 1 aromatic carbocycles. The van der Waals surface area contributed by atoms with Crippen molar-refractivity contribution in [1.29, 1.82) is 0 Å². The van der Waals surface area contributed by atoms with Gasteiger partial charge in [0.25, 0.3) is 0 Å². The first-order valence-corrected chi connectivity index (χ1v) is 8.65. The molecule has 0 spiro atoms. The van der Waals surface area contributed by atoms with Crippen LogP contribution in [0.5, 0.6) is 0 Å². The van der Waals surface area contributed by atoms with Crippen molar-refractivity contribution < 1.29 is 4.39 Å². The maximum Gasteiger partial charge on any atom is 0.191 e. The molecular formula is C19H23FN6. The molecule has 0 saturated heterocycles. The summed E-state index contributed by atoms with van der Waals surface area (Å²) >= 11 is 0. The third-order valence-electron chi connectivity index (χ3n) is 4.18. The van der Waals surface area contributed by atoms with Crippen LogP contribution in [0.1, 0.15) is 17.9 Å². The lowest BCUT2D eigenvalue weighted by Crippen LogP contribution is -2.37. The fraction of sp³-hybridized carbons (Fsp3) is 0.316. The van der Waals surface area contributed by atoms with Crippen LogP contribution >= 0.6 is 0 Å². The minimum Gasteiger partial charge on any atom is -0.356 e. The van der Waals surface area contributed by atoms with Crippen LogP contribution in [-0.4, -0.2) is 34.1 Å². The number of aliphatic imine (C=N–C) groups is 1. The normalized spacial score (nSPS) is 11.7. The van der Waals surface area contributed by atoms with Gasteiger partial charge in [0.05, 0.1) is 23.3 Å². The van der Waals surface area contributed by atoms with Crippen LogP contribution in [0, 0.1) is 12.7 Å². The number of rotatable bonds is 6. The second kappa shape index (κ2) is 8.42. The monoisotopic (exact) mass is 354 g/mol. The van der Waals surface area contributed by atoms with E-state index in [9.17, 15) is 4.39 Å². The predicted octanol–water partition coefficient (Wildman–Crippen LogP) is 2.63. The summed E-state index contributed by atoms with van der Waals surface area (Å²) in [5, 5.41) is 6.32. The van der Waals surface area contributed by atoms with Gasteiger partial charge in [0.1, 0.15) is 11.6 Å². The van der Waals surface area contributed by atoms with Crippen LogP contribution in [0.3, 0.4) is 0 Å². The van der Waals surface area contributed by atoms with Crippen LogP contribution in [0.2, 0.25) is 0 Å². The number of aryl methyl sites for hydroxylation is 2. The van der Waals surface area contributed by atoms with E-state index in [1.807, 2.05) is 25.1 Å². The van der Waals surface area contributed by atoms with Crippen LogP contribution in [0.4, 0.5) is 4.39 Å². The van der Waals surface area contributed by atoms with Gasteiger partial charge < -0.3 is 15.2 Å². The Balaban J connectivity index is 1.49. The fourth-order valence-corrected chi connectivity index (χ4v) is 2.86. The van der Waals surface area contributed by atoms with E-state index >= 15 is 0 Å². The van der Waals surface area contributed by atoms with Crippen LogP contribution in [-0.2, 0) is 13.1 Å². The molecule has 2 N–H and O–H groups in total. The van der Waals surface area contributed by atoms with E-state index in [0.717, 1.165) is 36.4 Å². The molecule has 7 heteroatoms. The van der Waals surface area contributed by atoms with Gasteiger partial charge in [0.15, 0.2) is 5.96 Å². The third-order valence-corrected chi connectivity index (χ3v) is 4.18. The molecule has 0 fully saturated rings. The highest BCUT2D eigenvalue weighted by molar-refractivity contribution is 5.79. The molecule has 0 radical (unpaired) electrons. The van der Waals surface area contributed by atoms with Crippen molar-refractivity contribution >= 4 is 17.0 Å². The average Bonchev–Trinajstić information content (AvgIpc) is 2.97. The van der Waals surface area contributed by atoms with Gasteiger partial charge in [-0.15, -0.1) is 0 Å². The lowest BCUT2D eigenvalue weighted by atomic mass is 10.3. The number of hydrogen-bond acceptors (Lipinski definition) is 3. The number of para-hydroxylation sites is 2. The maximum absolute atomic E-state index is 13.6. The quantitative estimate of drug-likeness (QED) is 0.406. The van der Waals surface area contributed by atoms with Gasteiger partial charge in [-0.25, -0.2) is 9.37 Å². The predicted molar refractivity (Wildman–Crippen MR) is 101 cm³/mol. The highest BCUT2D eigenvalue weighted by atomic mass is 19.1. The number of nitrogens with one attached hydrogen (secondary N) is 2. The molecule has 0 atom stereocenters. The SMILES string of the molecule is CN=C(NCCCn1c(C)nc2ccccc21)NCc1ncccc1F. The Hall–Kier alpha value is -2.96. The van der Waals surface area contributed by atoms with Gasteiger partial charge in [-0.1, -0.05) is 12.1 Å². The molecule has 2 aromatic heterocycles. The molecule has 0 unspecified atom stereocenters. The lowest BCUT2D eigenvalue weighted by Gasteiger charge is -2.12. The summed E-state index contributed by atoms with van der Waals surface area (Å²) in [5.41, 5.74) is 2.54. The molecule has 0 aliphatic heterocycles. The van der Waals surface area contributed by atoms with E-state index in [2.05, 4.69) is 36.2 Å². The number of nitrogens with zero attached hydrogens (tertiary/aromatic N) is 4. The highest BCUT2D eigenvalue weighted by Crippen LogP contribution is 2.15. The first kappa shape index (κ1) is 17.8. The average molecular weight is 354 g/mol. The Labute approximate surface area is 152 Å². The molecule has 0 aliphatic carbocycles. The summed E-state index contributed by atoms with van der Waals surface area (Å²) < 4.78 is 15.8. The summed E-state index contributed by atoms with van der Waals surface area (Å²) in [6.07, 6.45) is 2.49. The molecule has 136 valence electrons. The molecule has 0 bridgehead atoms. The molecule has 3 aromatic rings. The summed E-state index contributed by atoms with van der Waals surface area (Å²) in [6.45, 7) is 3.93. The van der Waals surface area contributed by atoms with E-state index in [0.29, 0.717) is 11.7 Å². The van der Waals surface area contributed by atoms with Crippen LogP contribution in [0.15, 0.2) is 47.6 Å². The van der Waals surface area contributed by atoms with Gasteiger partial charge in [-0.05, 0) is 37.6 Å². The minimum atomic E-state index is -0.321.